The minimum absolute atomic E-state index is 0.0183. The number of para-hydroxylation sites is 1. The number of Topliss-reactive ketones (excluding diaryl/α,β-unsaturated/α-hetero) is 1. The number of ether oxygens (including phenoxy) is 2. The van der Waals surface area contributed by atoms with Crippen molar-refractivity contribution in [3.8, 4) is 23.3 Å². The fraction of sp³-hybridized carbons (Fsp3) is 0.364. The Morgan fingerprint density at radius 2 is 1.74 bits per heavy atom. The average Bonchev–Trinajstić information content (AvgIpc) is 3.10. The Balaban J connectivity index is 1.60. The molecule has 1 heterocycles. The topological polar surface area (TPSA) is 62.6 Å². The van der Waals surface area contributed by atoms with Gasteiger partial charge in [-0.25, -0.2) is 0 Å². The van der Waals surface area contributed by atoms with Gasteiger partial charge in [-0.15, -0.1) is 0 Å². The standard InChI is InChI=1S/C22H24N2O3/c1-16(22(25)20(15-23)21-9-6-14-24(21)2)26-18-10-12-19(13-11-18)27-17-7-4-3-5-8-17/h3-5,7-8,10-13,16,20-21H,6,9,14H2,1-2H3. The predicted molar refractivity (Wildman–Crippen MR) is 103 cm³/mol. The third-order valence-electron chi connectivity index (χ3n) is 4.92. The molecule has 1 aliphatic rings. The van der Waals surface area contributed by atoms with Crippen LogP contribution in [-0.4, -0.2) is 36.4 Å². The molecule has 5 nitrogen and oxygen atoms in total. The summed E-state index contributed by atoms with van der Waals surface area (Å²) < 4.78 is 11.5. The maximum absolute atomic E-state index is 12.7. The molecule has 2 aromatic rings. The van der Waals surface area contributed by atoms with Crippen molar-refractivity contribution in [1.29, 1.82) is 5.26 Å². The number of benzene rings is 2. The van der Waals surface area contributed by atoms with Crippen LogP contribution in [0.2, 0.25) is 0 Å². The summed E-state index contributed by atoms with van der Waals surface area (Å²) >= 11 is 0. The first-order chi connectivity index (χ1) is 13.1. The minimum Gasteiger partial charge on any atom is -0.483 e. The highest BCUT2D eigenvalue weighted by Crippen LogP contribution is 2.26. The molecular formula is C22H24N2O3. The van der Waals surface area contributed by atoms with Crippen LogP contribution in [0.5, 0.6) is 17.2 Å². The number of rotatable bonds is 7. The van der Waals surface area contributed by atoms with E-state index in [0.717, 1.165) is 25.1 Å². The molecule has 0 spiro atoms. The molecule has 0 saturated carbocycles. The van der Waals surface area contributed by atoms with Gasteiger partial charge in [-0.3, -0.25) is 4.79 Å². The summed E-state index contributed by atoms with van der Waals surface area (Å²) in [5.41, 5.74) is 0. The van der Waals surface area contributed by atoms with E-state index >= 15 is 0 Å². The van der Waals surface area contributed by atoms with Crippen LogP contribution in [0.25, 0.3) is 0 Å². The highest BCUT2D eigenvalue weighted by molar-refractivity contribution is 5.88. The zero-order valence-electron chi connectivity index (χ0n) is 15.7. The zero-order chi connectivity index (χ0) is 19.2. The first kappa shape index (κ1) is 18.9. The van der Waals surface area contributed by atoms with Crippen LogP contribution >= 0.6 is 0 Å². The molecule has 0 bridgehead atoms. The molecule has 1 fully saturated rings. The molecule has 0 radical (unpaired) electrons. The number of carbonyl (C=O) groups excluding carboxylic acids is 1. The van der Waals surface area contributed by atoms with E-state index < -0.39 is 12.0 Å². The summed E-state index contributed by atoms with van der Waals surface area (Å²) in [7, 11) is 1.96. The van der Waals surface area contributed by atoms with E-state index in [1.54, 1.807) is 31.2 Å². The van der Waals surface area contributed by atoms with Gasteiger partial charge >= 0.3 is 0 Å². The number of hydrogen-bond acceptors (Lipinski definition) is 5. The van der Waals surface area contributed by atoms with E-state index in [2.05, 4.69) is 11.0 Å². The van der Waals surface area contributed by atoms with Gasteiger partial charge in [-0.1, -0.05) is 18.2 Å². The predicted octanol–water partition coefficient (Wildman–Crippen LogP) is 4.05. The smallest absolute Gasteiger partial charge is 0.191 e. The van der Waals surface area contributed by atoms with Crippen molar-refractivity contribution >= 4 is 5.78 Å². The van der Waals surface area contributed by atoms with Crippen LogP contribution in [0.3, 0.4) is 0 Å². The number of ketones is 1. The van der Waals surface area contributed by atoms with Crippen molar-refractivity contribution in [3.05, 3.63) is 54.6 Å². The molecule has 5 heteroatoms. The normalized spacial score (nSPS) is 19.1. The number of nitrogens with zero attached hydrogens (tertiary/aromatic N) is 2. The number of likely N-dealkylation sites (tertiary alicyclic amines) is 1. The highest BCUT2D eigenvalue weighted by atomic mass is 16.5. The summed E-state index contributed by atoms with van der Waals surface area (Å²) in [5.74, 6) is 1.20. The van der Waals surface area contributed by atoms with Gasteiger partial charge in [0.15, 0.2) is 11.9 Å². The highest BCUT2D eigenvalue weighted by Gasteiger charge is 2.36. The molecule has 0 aliphatic carbocycles. The molecule has 27 heavy (non-hydrogen) atoms. The van der Waals surface area contributed by atoms with Crippen LogP contribution < -0.4 is 9.47 Å². The van der Waals surface area contributed by atoms with Crippen molar-refractivity contribution in [2.24, 2.45) is 5.92 Å². The van der Waals surface area contributed by atoms with Gasteiger partial charge in [-0.05, 0) is 69.8 Å². The van der Waals surface area contributed by atoms with E-state index in [1.807, 2.05) is 37.4 Å². The Kier molecular flexibility index (Phi) is 6.10. The van der Waals surface area contributed by atoms with E-state index in [-0.39, 0.29) is 11.8 Å². The molecule has 0 N–H and O–H groups in total. The molecule has 0 aromatic heterocycles. The van der Waals surface area contributed by atoms with Crippen LogP contribution in [0.1, 0.15) is 19.8 Å². The molecule has 3 rings (SSSR count). The lowest BCUT2D eigenvalue weighted by Crippen LogP contribution is -2.41. The Hall–Kier alpha value is -2.84. The second-order valence-electron chi connectivity index (χ2n) is 6.85. The van der Waals surface area contributed by atoms with E-state index in [1.165, 1.54) is 0 Å². The average molecular weight is 364 g/mol. The molecular weight excluding hydrogens is 340 g/mol. The van der Waals surface area contributed by atoms with Crippen LogP contribution in [0, 0.1) is 17.2 Å². The SMILES string of the molecule is CC(Oc1ccc(Oc2ccccc2)cc1)C(=O)C(C#N)C1CCCN1C. The number of nitriles is 1. The first-order valence-corrected chi connectivity index (χ1v) is 9.21. The van der Waals surface area contributed by atoms with Gasteiger partial charge in [0.1, 0.15) is 23.2 Å². The van der Waals surface area contributed by atoms with E-state index in [0.29, 0.717) is 11.5 Å². The third-order valence-corrected chi connectivity index (χ3v) is 4.92. The fourth-order valence-electron chi connectivity index (χ4n) is 3.42. The molecule has 1 aliphatic heterocycles. The Labute approximate surface area is 160 Å². The Morgan fingerprint density at radius 1 is 1.11 bits per heavy atom. The van der Waals surface area contributed by atoms with Gasteiger partial charge in [0.05, 0.1) is 6.07 Å². The Bertz CT molecular complexity index is 799. The second-order valence-corrected chi connectivity index (χ2v) is 6.85. The summed E-state index contributed by atoms with van der Waals surface area (Å²) in [6.07, 6.45) is 1.22. The number of hydrogen-bond donors (Lipinski definition) is 0. The lowest BCUT2D eigenvalue weighted by Gasteiger charge is -2.25. The number of carbonyl (C=O) groups is 1. The molecule has 0 amide bonds. The largest absolute Gasteiger partial charge is 0.483 e. The van der Waals surface area contributed by atoms with Crippen molar-refractivity contribution < 1.29 is 14.3 Å². The maximum atomic E-state index is 12.7. The minimum atomic E-state index is -0.676. The molecule has 1 saturated heterocycles. The van der Waals surface area contributed by atoms with Gasteiger partial charge in [-0.2, -0.15) is 5.26 Å². The van der Waals surface area contributed by atoms with Crippen LogP contribution in [0.4, 0.5) is 0 Å². The van der Waals surface area contributed by atoms with E-state index in [9.17, 15) is 10.1 Å². The van der Waals surface area contributed by atoms with Crippen molar-refractivity contribution in [2.75, 3.05) is 13.6 Å². The fourth-order valence-corrected chi connectivity index (χ4v) is 3.42. The first-order valence-electron chi connectivity index (χ1n) is 9.21. The molecule has 3 atom stereocenters. The van der Waals surface area contributed by atoms with Crippen molar-refractivity contribution in [1.82, 2.24) is 4.90 Å². The molecule has 140 valence electrons. The third kappa shape index (κ3) is 4.66. The lowest BCUT2D eigenvalue weighted by molar-refractivity contribution is -0.128. The van der Waals surface area contributed by atoms with Gasteiger partial charge in [0.2, 0.25) is 0 Å². The van der Waals surface area contributed by atoms with Crippen LogP contribution in [0.15, 0.2) is 54.6 Å². The van der Waals surface area contributed by atoms with Gasteiger partial charge in [0.25, 0.3) is 0 Å². The quantitative estimate of drug-likeness (QED) is 0.742. The molecule has 3 unspecified atom stereocenters. The van der Waals surface area contributed by atoms with Gasteiger partial charge in [0, 0.05) is 6.04 Å². The maximum Gasteiger partial charge on any atom is 0.191 e. The monoisotopic (exact) mass is 364 g/mol. The second kappa shape index (κ2) is 8.70. The summed E-state index contributed by atoms with van der Waals surface area (Å²) in [6.45, 7) is 2.63. The van der Waals surface area contributed by atoms with E-state index in [4.69, 9.17) is 9.47 Å². The summed E-state index contributed by atoms with van der Waals surface area (Å²) in [4.78, 5) is 14.8. The Morgan fingerprint density at radius 3 is 2.33 bits per heavy atom. The van der Waals surface area contributed by atoms with Crippen molar-refractivity contribution in [2.45, 2.75) is 31.9 Å². The molecule has 2 aromatic carbocycles. The summed E-state index contributed by atoms with van der Waals surface area (Å²) in [5, 5.41) is 9.50. The zero-order valence-corrected chi connectivity index (χ0v) is 15.7. The van der Waals surface area contributed by atoms with Gasteiger partial charge < -0.3 is 14.4 Å². The van der Waals surface area contributed by atoms with Crippen molar-refractivity contribution in [3.63, 3.8) is 0 Å². The summed E-state index contributed by atoms with van der Waals surface area (Å²) in [6, 6.07) is 18.8. The lowest BCUT2D eigenvalue weighted by atomic mass is 9.92. The van der Waals surface area contributed by atoms with Crippen LogP contribution in [-0.2, 0) is 4.79 Å².